The van der Waals surface area contributed by atoms with Gasteiger partial charge in [-0.15, -0.1) is 12.4 Å². The number of piperidine rings is 1. The predicted molar refractivity (Wildman–Crippen MR) is 75.5 cm³/mol. The second-order valence-electron chi connectivity index (χ2n) is 4.79. The normalized spacial score (nSPS) is 19.9. The number of nitriles is 1. The maximum absolute atomic E-state index is 8.74. The molecule has 0 aromatic heterocycles. The van der Waals surface area contributed by atoms with E-state index in [1.54, 1.807) is 0 Å². The van der Waals surface area contributed by atoms with Crippen LogP contribution in [0.4, 0.5) is 0 Å². The summed E-state index contributed by atoms with van der Waals surface area (Å²) in [7, 11) is 0. The molecule has 1 aromatic carbocycles. The fourth-order valence-corrected chi connectivity index (χ4v) is 2.43. The molecule has 1 aliphatic heterocycles. The molecule has 2 rings (SSSR count). The molecule has 1 atom stereocenters. The van der Waals surface area contributed by atoms with Gasteiger partial charge in [0.15, 0.2) is 0 Å². The highest BCUT2D eigenvalue weighted by Crippen LogP contribution is 2.17. The minimum Gasteiger partial charge on any atom is -0.330 e. The van der Waals surface area contributed by atoms with Gasteiger partial charge in [-0.3, -0.25) is 4.90 Å². The molecule has 0 bridgehead atoms. The average molecular weight is 266 g/mol. The maximum atomic E-state index is 8.74. The van der Waals surface area contributed by atoms with Crippen molar-refractivity contribution in [3.8, 4) is 6.07 Å². The van der Waals surface area contributed by atoms with E-state index >= 15 is 0 Å². The molecular weight excluding hydrogens is 246 g/mol. The summed E-state index contributed by atoms with van der Waals surface area (Å²) in [6.45, 7) is 4.04. The van der Waals surface area contributed by atoms with E-state index in [2.05, 4.69) is 11.0 Å². The van der Waals surface area contributed by atoms with Crippen molar-refractivity contribution < 1.29 is 0 Å². The predicted octanol–water partition coefficient (Wildman–Crippen LogP) is 2.15. The van der Waals surface area contributed by atoms with E-state index in [1.807, 2.05) is 24.3 Å². The molecule has 1 heterocycles. The Morgan fingerprint density at radius 1 is 1.33 bits per heavy atom. The Balaban J connectivity index is 0.00000162. The third-order valence-electron chi connectivity index (χ3n) is 3.43. The van der Waals surface area contributed by atoms with Crippen molar-refractivity contribution in [2.75, 3.05) is 19.6 Å². The van der Waals surface area contributed by atoms with Gasteiger partial charge >= 0.3 is 0 Å². The zero-order valence-corrected chi connectivity index (χ0v) is 11.3. The lowest BCUT2D eigenvalue weighted by molar-refractivity contribution is 0.171. The van der Waals surface area contributed by atoms with Crippen LogP contribution >= 0.6 is 12.4 Å². The maximum Gasteiger partial charge on any atom is 0.0991 e. The number of nitrogens with two attached hydrogens (primary N) is 1. The van der Waals surface area contributed by atoms with E-state index in [0.717, 1.165) is 31.7 Å². The molecule has 4 heteroatoms. The van der Waals surface area contributed by atoms with Gasteiger partial charge < -0.3 is 5.73 Å². The largest absolute Gasteiger partial charge is 0.330 e. The van der Waals surface area contributed by atoms with E-state index in [9.17, 15) is 0 Å². The fraction of sp³-hybridized carbons (Fsp3) is 0.500. The third-order valence-corrected chi connectivity index (χ3v) is 3.43. The quantitative estimate of drug-likeness (QED) is 0.911. The van der Waals surface area contributed by atoms with E-state index in [-0.39, 0.29) is 12.4 Å². The molecule has 1 saturated heterocycles. The highest BCUT2D eigenvalue weighted by atomic mass is 35.5. The van der Waals surface area contributed by atoms with Crippen LogP contribution < -0.4 is 5.73 Å². The molecule has 0 radical (unpaired) electrons. The minimum absolute atomic E-state index is 0. The minimum atomic E-state index is 0. The van der Waals surface area contributed by atoms with Crippen LogP contribution in [0.3, 0.4) is 0 Å². The Hall–Kier alpha value is -1.08. The monoisotopic (exact) mass is 265 g/mol. The molecule has 2 N–H and O–H groups in total. The first-order chi connectivity index (χ1) is 8.31. The van der Waals surface area contributed by atoms with Crippen molar-refractivity contribution in [3.63, 3.8) is 0 Å². The summed E-state index contributed by atoms with van der Waals surface area (Å²) in [5.41, 5.74) is 7.74. The van der Waals surface area contributed by atoms with Gasteiger partial charge in [0.1, 0.15) is 0 Å². The molecule has 18 heavy (non-hydrogen) atoms. The Bertz CT molecular complexity index is 396. The molecule has 0 saturated carbocycles. The standard InChI is InChI=1S/C14H19N3.ClH/c15-8-12-3-5-13(6-4-12)10-17-7-1-2-14(9-16)11-17;/h3-6,14H,1-2,7,9-11,16H2;1H. The lowest BCUT2D eigenvalue weighted by Gasteiger charge is -2.32. The molecule has 0 aliphatic carbocycles. The van der Waals surface area contributed by atoms with Crippen molar-refractivity contribution in [2.45, 2.75) is 19.4 Å². The number of hydrogen-bond donors (Lipinski definition) is 1. The van der Waals surface area contributed by atoms with Crippen LogP contribution in [0.25, 0.3) is 0 Å². The van der Waals surface area contributed by atoms with Gasteiger partial charge in [0.2, 0.25) is 0 Å². The SMILES string of the molecule is Cl.N#Cc1ccc(CN2CCCC(CN)C2)cc1. The molecular formula is C14H20ClN3. The first kappa shape index (κ1) is 15.0. The highest BCUT2D eigenvalue weighted by molar-refractivity contribution is 5.85. The molecule has 0 spiro atoms. The Labute approximate surface area is 115 Å². The first-order valence-electron chi connectivity index (χ1n) is 6.23. The van der Waals surface area contributed by atoms with Crippen molar-refractivity contribution >= 4 is 12.4 Å². The Morgan fingerprint density at radius 3 is 2.67 bits per heavy atom. The van der Waals surface area contributed by atoms with Crippen LogP contribution in [0, 0.1) is 17.2 Å². The van der Waals surface area contributed by atoms with Gasteiger partial charge in [0, 0.05) is 13.1 Å². The van der Waals surface area contributed by atoms with Crippen LogP contribution in [0.2, 0.25) is 0 Å². The van der Waals surface area contributed by atoms with E-state index in [4.69, 9.17) is 11.0 Å². The first-order valence-corrected chi connectivity index (χ1v) is 6.23. The molecule has 1 aromatic rings. The van der Waals surface area contributed by atoms with E-state index < -0.39 is 0 Å². The lowest BCUT2D eigenvalue weighted by Crippen LogP contribution is -2.37. The van der Waals surface area contributed by atoms with Gasteiger partial charge in [-0.25, -0.2) is 0 Å². The topological polar surface area (TPSA) is 53.0 Å². The van der Waals surface area contributed by atoms with Gasteiger partial charge in [0.05, 0.1) is 11.6 Å². The molecule has 1 aliphatic rings. The lowest BCUT2D eigenvalue weighted by atomic mass is 9.98. The summed E-state index contributed by atoms with van der Waals surface area (Å²) in [5, 5.41) is 8.74. The number of likely N-dealkylation sites (tertiary alicyclic amines) is 1. The van der Waals surface area contributed by atoms with Crippen molar-refractivity contribution in [1.29, 1.82) is 5.26 Å². The van der Waals surface area contributed by atoms with Crippen LogP contribution in [-0.2, 0) is 6.54 Å². The zero-order chi connectivity index (χ0) is 12.1. The summed E-state index contributed by atoms with van der Waals surface area (Å²) in [5.74, 6) is 0.655. The molecule has 1 fully saturated rings. The summed E-state index contributed by atoms with van der Waals surface area (Å²) in [6.07, 6.45) is 2.51. The average Bonchev–Trinajstić information content (AvgIpc) is 2.40. The molecule has 0 amide bonds. The number of benzene rings is 1. The summed E-state index contributed by atoms with van der Waals surface area (Å²) in [4.78, 5) is 2.46. The van der Waals surface area contributed by atoms with Crippen molar-refractivity contribution in [3.05, 3.63) is 35.4 Å². The van der Waals surface area contributed by atoms with E-state index in [0.29, 0.717) is 5.92 Å². The van der Waals surface area contributed by atoms with Crippen molar-refractivity contribution in [2.24, 2.45) is 11.7 Å². The number of rotatable bonds is 3. The molecule has 3 nitrogen and oxygen atoms in total. The molecule has 98 valence electrons. The zero-order valence-electron chi connectivity index (χ0n) is 10.5. The highest BCUT2D eigenvalue weighted by Gasteiger charge is 2.18. The Kier molecular flexibility index (Phi) is 6.14. The fourth-order valence-electron chi connectivity index (χ4n) is 2.43. The number of hydrogen-bond acceptors (Lipinski definition) is 3. The van der Waals surface area contributed by atoms with Crippen LogP contribution in [0.1, 0.15) is 24.0 Å². The van der Waals surface area contributed by atoms with Gasteiger partial charge in [-0.05, 0) is 49.5 Å². The van der Waals surface area contributed by atoms with Crippen LogP contribution in [0.15, 0.2) is 24.3 Å². The number of halogens is 1. The van der Waals surface area contributed by atoms with Gasteiger partial charge in [-0.1, -0.05) is 12.1 Å². The summed E-state index contributed by atoms with van der Waals surface area (Å²) >= 11 is 0. The second-order valence-corrected chi connectivity index (χ2v) is 4.79. The van der Waals surface area contributed by atoms with Crippen LogP contribution in [-0.4, -0.2) is 24.5 Å². The number of nitrogens with zero attached hydrogens (tertiary/aromatic N) is 2. The van der Waals surface area contributed by atoms with Crippen LogP contribution in [0.5, 0.6) is 0 Å². The molecule has 1 unspecified atom stereocenters. The van der Waals surface area contributed by atoms with Gasteiger partial charge in [0.25, 0.3) is 0 Å². The third kappa shape index (κ3) is 3.99. The second kappa shape index (κ2) is 7.38. The smallest absolute Gasteiger partial charge is 0.0991 e. The summed E-state index contributed by atoms with van der Waals surface area (Å²) in [6, 6.07) is 10.0. The van der Waals surface area contributed by atoms with Gasteiger partial charge in [-0.2, -0.15) is 5.26 Å². The summed E-state index contributed by atoms with van der Waals surface area (Å²) < 4.78 is 0. The van der Waals surface area contributed by atoms with E-state index in [1.165, 1.54) is 18.4 Å². The Morgan fingerprint density at radius 2 is 2.06 bits per heavy atom. The van der Waals surface area contributed by atoms with Crippen molar-refractivity contribution in [1.82, 2.24) is 4.90 Å².